The lowest BCUT2D eigenvalue weighted by molar-refractivity contribution is -0.0691. The number of aryl methyl sites for hydroxylation is 2. The molecule has 0 radical (unpaired) electrons. The van der Waals surface area contributed by atoms with E-state index in [9.17, 15) is 18.3 Å². The molecule has 2 aromatic carbocycles. The third-order valence-corrected chi connectivity index (χ3v) is 10.2. The molecule has 1 amide bonds. The summed E-state index contributed by atoms with van der Waals surface area (Å²) in [6.45, 7) is 10.9. The highest BCUT2D eigenvalue weighted by Crippen LogP contribution is 2.38. The van der Waals surface area contributed by atoms with Gasteiger partial charge in [0.25, 0.3) is 5.89 Å². The van der Waals surface area contributed by atoms with Gasteiger partial charge in [-0.15, -0.1) is 0 Å². The van der Waals surface area contributed by atoms with Crippen molar-refractivity contribution in [2.75, 3.05) is 19.9 Å². The summed E-state index contributed by atoms with van der Waals surface area (Å²) in [6.07, 6.45) is -1.66. The Morgan fingerprint density at radius 1 is 1.08 bits per heavy atom. The molecule has 0 saturated carbocycles. The number of hydrogen-bond acceptors (Lipinski definition) is 12. The third-order valence-electron chi connectivity index (χ3n) is 8.37. The highest BCUT2D eigenvalue weighted by Gasteiger charge is 2.51. The molecule has 1 saturated heterocycles. The van der Waals surface area contributed by atoms with Gasteiger partial charge >= 0.3 is 6.09 Å². The first-order chi connectivity index (χ1) is 23.2. The quantitative estimate of drug-likeness (QED) is 0.209. The van der Waals surface area contributed by atoms with Gasteiger partial charge in [0.1, 0.15) is 22.8 Å². The van der Waals surface area contributed by atoms with E-state index in [1.165, 1.54) is 21.3 Å². The summed E-state index contributed by atoms with van der Waals surface area (Å²) in [6, 6.07) is 11.0. The normalized spacial score (nSPS) is 18.5. The molecular formula is C33H39N5O10S. The van der Waals surface area contributed by atoms with Crippen molar-refractivity contribution in [1.29, 1.82) is 0 Å². The summed E-state index contributed by atoms with van der Waals surface area (Å²) in [4.78, 5) is 18.3. The summed E-state index contributed by atoms with van der Waals surface area (Å²) in [5, 5.41) is 18.2. The van der Waals surface area contributed by atoms with Gasteiger partial charge in [0.15, 0.2) is 18.1 Å². The van der Waals surface area contributed by atoms with E-state index in [1.807, 2.05) is 26.0 Å². The molecule has 4 heterocycles. The molecule has 2 aliphatic heterocycles. The van der Waals surface area contributed by atoms with E-state index in [2.05, 4.69) is 15.3 Å². The Hall–Kier alpha value is -4.67. The van der Waals surface area contributed by atoms with Gasteiger partial charge in [-0.1, -0.05) is 36.3 Å². The zero-order valence-corrected chi connectivity index (χ0v) is 28.9. The molecule has 0 bridgehead atoms. The number of aromatic nitrogens is 3. The Bertz CT molecular complexity index is 1900. The van der Waals surface area contributed by atoms with Crippen molar-refractivity contribution >= 4 is 16.1 Å². The summed E-state index contributed by atoms with van der Waals surface area (Å²) in [7, 11) is -4.02. The molecule has 262 valence electrons. The second-order valence-electron chi connectivity index (χ2n) is 12.9. The molecule has 16 heteroatoms. The summed E-state index contributed by atoms with van der Waals surface area (Å²) in [5.41, 5.74) is 0.893. The van der Waals surface area contributed by atoms with Crippen LogP contribution < -0.4 is 14.2 Å². The molecular weight excluding hydrogens is 658 g/mol. The lowest BCUT2D eigenvalue weighted by atomic mass is 10.00. The van der Waals surface area contributed by atoms with E-state index >= 15 is 0 Å². The van der Waals surface area contributed by atoms with Crippen LogP contribution in [0.1, 0.15) is 50.5 Å². The zero-order chi connectivity index (χ0) is 35.1. The lowest BCUT2D eigenvalue weighted by Crippen LogP contribution is -2.50. The molecule has 0 unspecified atom stereocenters. The van der Waals surface area contributed by atoms with Gasteiger partial charge in [0, 0.05) is 19.2 Å². The fourth-order valence-electron chi connectivity index (χ4n) is 6.20. The van der Waals surface area contributed by atoms with Crippen LogP contribution in [0.25, 0.3) is 11.5 Å². The predicted octanol–water partition coefficient (Wildman–Crippen LogP) is 5.02. The number of ether oxygens (including phenoxy) is 4. The maximum absolute atomic E-state index is 14.0. The van der Waals surface area contributed by atoms with Gasteiger partial charge in [-0.2, -0.15) is 9.29 Å². The first-order valence-electron chi connectivity index (χ1n) is 15.8. The molecule has 15 nitrogen and oxygen atoms in total. The number of carbonyl (C=O) groups is 1. The molecule has 1 fully saturated rings. The van der Waals surface area contributed by atoms with Gasteiger partial charge in [-0.3, -0.25) is 4.90 Å². The smallest absolute Gasteiger partial charge is 0.409 e. The van der Waals surface area contributed by atoms with Crippen molar-refractivity contribution in [3.63, 3.8) is 0 Å². The van der Waals surface area contributed by atoms with Gasteiger partial charge in [0.05, 0.1) is 22.7 Å². The third kappa shape index (κ3) is 7.07. The topological polar surface area (TPSA) is 180 Å². The Labute approximate surface area is 283 Å². The monoisotopic (exact) mass is 697 g/mol. The number of amides is 1. The highest BCUT2D eigenvalue weighted by atomic mass is 32.2. The van der Waals surface area contributed by atoms with E-state index in [0.29, 0.717) is 46.0 Å². The van der Waals surface area contributed by atoms with Gasteiger partial charge in [-0.25, -0.2) is 13.2 Å². The number of sulfonamides is 1. The summed E-state index contributed by atoms with van der Waals surface area (Å²) in [5.74, 6) is 2.55. The van der Waals surface area contributed by atoms with E-state index in [1.54, 1.807) is 45.9 Å². The minimum Gasteiger partial charge on any atom is -0.485 e. The maximum Gasteiger partial charge on any atom is 0.409 e. The average Bonchev–Trinajstić information content (AvgIpc) is 3.82. The lowest BCUT2D eigenvalue weighted by Gasteiger charge is -2.31. The summed E-state index contributed by atoms with van der Waals surface area (Å²) < 4.78 is 62.9. The van der Waals surface area contributed by atoms with Crippen molar-refractivity contribution in [2.45, 2.75) is 77.3 Å². The summed E-state index contributed by atoms with van der Waals surface area (Å²) >= 11 is 0. The van der Waals surface area contributed by atoms with Crippen LogP contribution in [0.4, 0.5) is 4.79 Å². The van der Waals surface area contributed by atoms with Gasteiger partial charge in [0.2, 0.25) is 22.6 Å². The zero-order valence-electron chi connectivity index (χ0n) is 28.1. The van der Waals surface area contributed by atoms with Crippen molar-refractivity contribution in [3.05, 3.63) is 65.3 Å². The fourth-order valence-corrected chi connectivity index (χ4v) is 7.84. The van der Waals surface area contributed by atoms with E-state index in [4.69, 9.17) is 28.0 Å². The number of nitrogens with zero attached hydrogens (tertiary/aromatic N) is 5. The molecule has 0 spiro atoms. The minimum atomic E-state index is -4.02. The van der Waals surface area contributed by atoms with Crippen LogP contribution in [0.15, 0.2) is 56.4 Å². The van der Waals surface area contributed by atoms with E-state index < -0.39 is 34.0 Å². The van der Waals surface area contributed by atoms with E-state index in [0.717, 1.165) is 5.56 Å². The highest BCUT2D eigenvalue weighted by molar-refractivity contribution is 7.89. The number of benzene rings is 2. The Morgan fingerprint density at radius 2 is 1.82 bits per heavy atom. The second-order valence-corrected chi connectivity index (χ2v) is 14.8. The van der Waals surface area contributed by atoms with Crippen LogP contribution >= 0.6 is 0 Å². The van der Waals surface area contributed by atoms with Gasteiger partial charge < -0.3 is 33.1 Å². The SMILES string of the molecule is Cc1noc(C)c1-c1nc(COc2ccc(C[C@H]3[C@@H](CN(CC(C)C)S(=O)(=O)c4ccc5c(c4)OCO5)OC(C)(C)N3C(=O)O)cc2)no1. The molecule has 49 heavy (non-hydrogen) atoms. The molecule has 1 N–H and O–H groups in total. The van der Waals surface area contributed by atoms with Crippen LogP contribution in [0.2, 0.25) is 0 Å². The largest absolute Gasteiger partial charge is 0.485 e. The number of rotatable bonds is 12. The van der Waals surface area contributed by atoms with Crippen molar-refractivity contribution in [2.24, 2.45) is 5.92 Å². The minimum absolute atomic E-state index is 0.0172. The molecule has 4 aromatic rings. The van der Waals surface area contributed by atoms with E-state index in [-0.39, 0.29) is 43.7 Å². The Morgan fingerprint density at radius 3 is 2.49 bits per heavy atom. The van der Waals surface area contributed by atoms with Crippen LogP contribution in [-0.2, 0) is 27.8 Å². The van der Waals surface area contributed by atoms with Crippen LogP contribution in [0, 0.1) is 19.8 Å². The molecule has 6 rings (SSSR count). The predicted molar refractivity (Wildman–Crippen MR) is 173 cm³/mol. The van der Waals surface area contributed by atoms with Crippen molar-refractivity contribution in [1.82, 2.24) is 24.5 Å². The first kappa shape index (κ1) is 34.2. The number of hydrogen-bond donors (Lipinski definition) is 1. The van der Waals surface area contributed by atoms with Crippen molar-refractivity contribution < 1.29 is 46.3 Å². The van der Waals surface area contributed by atoms with Crippen LogP contribution in [0.3, 0.4) is 0 Å². The van der Waals surface area contributed by atoms with Crippen LogP contribution in [-0.4, -0.2) is 81.9 Å². The molecule has 2 aliphatic rings. The fraction of sp³-hybridized carbons (Fsp3) is 0.455. The van der Waals surface area contributed by atoms with Crippen LogP contribution in [0.5, 0.6) is 17.2 Å². The number of carboxylic acid groups (broad SMARTS) is 1. The number of fused-ring (bicyclic) bond motifs is 1. The first-order valence-corrected chi connectivity index (χ1v) is 17.2. The second kappa shape index (κ2) is 13.3. The van der Waals surface area contributed by atoms with Crippen molar-refractivity contribution in [3.8, 4) is 28.7 Å². The standard InChI is InChI=1S/C33H39N5O10S/c1-19(2)15-37(49(41,42)24-11-12-26-27(14-24)45-18-44-26)16-28-25(38(32(39)40)33(5,6)46-28)13-22-7-9-23(10-8-22)43-17-29-34-31(48-36-29)30-20(3)35-47-21(30)4/h7-12,14,19,25,28H,13,15-18H2,1-6H3,(H,39,40)/t25-,28+/m0/s1. The molecule has 2 atom stereocenters. The van der Waals surface area contributed by atoms with Gasteiger partial charge in [-0.05, 0) is 69.9 Å². The maximum atomic E-state index is 14.0. The molecule has 2 aromatic heterocycles. The Balaban J connectivity index is 1.18. The molecule has 0 aliphatic carbocycles. The Kier molecular flexibility index (Phi) is 9.30. The average molecular weight is 698 g/mol.